The van der Waals surface area contributed by atoms with Crippen molar-refractivity contribution in [2.45, 2.75) is 57.5 Å². The van der Waals surface area contributed by atoms with Crippen LogP contribution in [0.25, 0.3) is 5.52 Å². The molecule has 1 aromatic carbocycles. The third-order valence-electron chi connectivity index (χ3n) is 5.92. The molecule has 198 valence electrons. The molecule has 3 aromatic rings. The summed E-state index contributed by atoms with van der Waals surface area (Å²) in [6.07, 6.45) is -1.60. The third-order valence-corrected chi connectivity index (χ3v) is 6.70. The number of hydrogen-bond donors (Lipinski definition) is 1. The molecule has 1 saturated heterocycles. The van der Waals surface area contributed by atoms with E-state index in [1.807, 2.05) is 0 Å². The molecule has 13 heteroatoms. The van der Waals surface area contributed by atoms with E-state index in [2.05, 4.69) is 10.1 Å². The molecule has 1 fully saturated rings. The molecule has 1 aliphatic rings. The van der Waals surface area contributed by atoms with Crippen molar-refractivity contribution in [3.8, 4) is 5.75 Å². The number of para-hydroxylation sites is 1. The Morgan fingerprint density at radius 3 is 2.51 bits per heavy atom. The van der Waals surface area contributed by atoms with Crippen LogP contribution >= 0.6 is 8.25 Å². The smallest absolute Gasteiger partial charge is 0.367 e. The van der Waals surface area contributed by atoms with E-state index in [1.165, 1.54) is 10.8 Å². The maximum atomic E-state index is 12.6. The Balaban J connectivity index is 1.67. The zero-order valence-electron chi connectivity index (χ0n) is 20.7. The van der Waals surface area contributed by atoms with E-state index in [0.29, 0.717) is 17.0 Å². The van der Waals surface area contributed by atoms with Crippen LogP contribution < -0.4 is 10.3 Å². The van der Waals surface area contributed by atoms with Gasteiger partial charge in [0.05, 0.1) is 12.3 Å². The maximum absolute atomic E-state index is 12.6. The molecule has 2 N–H and O–H groups in total. The molecule has 0 saturated carbocycles. The lowest BCUT2D eigenvalue weighted by atomic mass is 9.96. The lowest BCUT2D eigenvalue weighted by molar-refractivity contribution is -0.171. The summed E-state index contributed by atoms with van der Waals surface area (Å²) >= 11 is 0. The quantitative estimate of drug-likeness (QED) is 0.302. The van der Waals surface area contributed by atoms with Crippen LogP contribution in [0, 0.1) is 0 Å². The molecule has 1 aliphatic heterocycles. The number of benzene rings is 1. The van der Waals surface area contributed by atoms with Crippen molar-refractivity contribution in [1.82, 2.24) is 14.6 Å². The highest BCUT2D eigenvalue weighted by atomic mass is 31.1. The minimum atomic E-state index is -3.00. The molecule has 37 heavy (non-hydrogen) atoms. The van der Waals surface area contributed by atoms with Crippen LogP contribution in [-0.4, -0.2) is 51.0 Å². The number of hydrogen-bond acceptors (Lipinski definition) is 11. The predicted molar refractivity (Wildman–Crippen MR) is 132 cm³/mol. The first kappa shape index (κ1) is 26.6. The molecule has 12 nitrogen and oxygen atoms in total. The molecule has 0 aliphatic carbocycles. The van der Waals surface area contributed by atoms with Crippen LogP contribution in [0.2, 0.25) is 0 Å². The Hall–Kier alpha value is -3.47. The van der Waals surface area contributed by atoms with Gasteiger partial charge in [-0.05, 0) is 31.2 Å². The summed E-state index contributed by atoms with van der Waals surface area (Å²) in [6, 6.07) is 12.0. The minimum Gasteiger partial charge on any atom is -0.455 e. The summed E-state index contributed by atoms with van der Waals surface area (Å²) in [5, 5.41) is 4.25. The summed E-state index contributed by atoms with van der Waals surface area (Å²) in [4.78, 5) is 28.8. The van der Waals surface area contributed by atoms with E-state index < -0.39 is 44.1 Å². The Labute approximate surface area is 213 Å². The number of rotatable bonds is 10. The van der Waals surface area contributed by atoms with E-state index in [0.717, 1.165) is 0 Å². The Bertz CT molecular complexity index is 1290. The van der Waals surface area contributed by atoms with E-state index in [9.17, 15) is 14.2 Å². The van der Waals surface area contributed by atoms with Crippen molar-refractivity contribution in [2.24, 2.45) is 0 Å². The highest BCUT2D eigenvalue weighted by Crippen LogP contribution is 2.45. The van der Waals surface area contributed by atoms with Gasteiger partial charge in [0.25, 0.3) is 0 Å². The van der Waals surface area contributed by atoms with Crippen molar-refractivity contribution in [3.05, 3.63) is 54.5 Å². The number of esters is 2. The fourth-order valence-electron chi connectivity index (χ4n) is 4.06. The van der Waals surface area contributed by atoms with Crippen LogP contribution in [-0.2, 0) is 32.9 Å². The van der Waals surface area contributed by atoms with Crippen LogP contribution in [0.5, 0.6) is 5.75 Å². The zero-order chi connectivity index (χ0) is 26.6. The molecule has 2 aromatic heterocycles. The first-order valence-corrected chi connectivity index (χ1v) is 13.0. The molecule has 0 spiro atoms. The zero-order valence-corrected chi connectivity index (χ0v) is 21.7. The molecule has 3 heterocycles. The normalized spacial score (nSPS) is 24.0. The minimum absolute atomic E-state index is 0.0814. The number of carbonyl (C=O) groups is 2. The van der Waals surface area contributed by atoms with Crippen LogP contribution in [0.3, 0.4) is 0 Å². The number of ether oxygens (including phenoxy) is 3. The Morgan fingerprint density at radius 2 is 1.81 bits per heavy atom. The lowest BCUT2D eigenvalue weighted by Crippen LogP contribution is -2.48. The largest absolute Gasteiger partial charge is 0.455 e. The average molecular weight is 532 g/mol. The first-order valence-electron chi connectivity index (χ1n) is 11.8. The van der Waals surface area contributed by atoms with Gasteiger partial charge in [-0.3, -0.25) is 14.1 Å². The van der Waals surface area contributed by atoms with Gasteiger partial charge in [0.1, 0.15) is 29.3 Å². The number of nitrogens with zero attached hydrogens (tertiary/aromatic N) is 3. The second-order valence-electron chi connectivity index (χ2n) is 8.58. The van der Waals surface area contributed by atoms with Gasteiger partial charge >= 0.3 is 20.2 Å². The Morgan fingerprint density at radius 1 is 1.11 bits per heavy atom. The van der Waals surface area contributed by atoms with Gasteiger partial charge in [-0.15, -0.1) is 0 Å². The standard InChI is InChI=1S/C24H29N4O8P/c1-4-18(29)33-21-20(16-11-12-17-23(25)26-14-27-28(16)17)35-24(3,22(21)34-19(30)5-2)13-32-37(31)36-15-9-7-6-8-10-15/h6-12,14,20-22,37H,4-5,13H2,1-3H3,(H2,25,26,27)/t20-,21-,22-,24+/m0/s1. The summed E-state index contributed by atoms with van der Waals surface area (Å²) in [5.74, 6) is -0.421. The van der Waals surface area contributed by atoms with Gasteiger partial charge in [0.15, 0.2) is 18.0 Å². The monoisotopic (exact) mass is 532 g/mol. The van der Waals surface area contributed by atoms with Gasteiger partial charge in [-0.2, -0.15) is 5.10 Å². The van der Waals surface area contributed by atoms with Crippen molar-refractivity contribution in [1.29, 1.82) is 0 Å². The topological polar surface area (TPSA) is 154 Å². The molecule has 0 amide bonds. The van der Waals surface area contributed by atoms with Gasteiger partial charge in [0.2, 0.25) is 0 Å². The van der Waals surface area contributed by atoms with Crippen molar-refractivity contribution in [2.75, 3.05) is 12.3 Å². The second kappa shape index (κ2) is 11.3. The van der Waals surface area contributed by atoms with Crippen LogP contribution in [0.4, 0.5) is 5.82 Å². The second-order valence-corrected chi connectivity index (χ2v) is 9.57. The summed E-state index contributed by atoms with van der Waals surface area (Å²) in [7, 11) is -3.00. The molecule has 5 atom stereocenters. The fraction of sp³-hybridized carbons (Fsp3) is 0.417. The summed E-state index contributed by atoms with van der Waals surface area (Å²) in [5.41, 5.74) is 5.63. The van der Waals surface area contributed by atoms with Crippen LogP contribution in [0.1, 0.15) is 45.4 Å². The third kappa shape index (κ3) is 5.76. The molecule has 1 unspecified atom stereocenters. The first-order chi connectivity index (χ1) is 17.8. The van der Waals surface area contributed by atoms with Gasteiger partial charge in [-0.25, -0.2) is 14.1 Å². The molecular weight excluding hydrogens is 503 g/mol. The number of nitrogens with two attached hydrogens (primary N) is 1. The molecule has 0 bridgehead atoms. The predicted octanol–water partition coefficient (Wildman–Crippen LogP) is 3.27. The van der Waals surface area contributed by atoms with Crippen molar-refractivity contribution >= 4 is 31.5 Å². The highest BCUT2D eigenvalue weighted by molar-refractivity contribution is 7.33. The number of aromatic nitrogens is 3. The number of nitrogen functional groups attached to an aromatic ring is 1. The van der Waals surface area contributed by atoms with Crippen molar-refractivity contribution < 1.29 is 37.4 Å². The maximum Gasteiger partial charge on any atom is 0.367 e. The molecule has 4 rings (SSSR count). The Kier molecular flexibility index (Phi) is 8.11. The number of carbonyl (C=O) groups excluding carboxylic acids is 2. The number of fused-ring (bicyclic) bond motifs is 1. The van der Waals surface area contributed by atoms with E-state index in [1.54, 1.807) is 63.2 Å². The van der Waals surface area contributed by atoms with E-state index >= 15 is 0 Å². The van der Waals surface area contributed by atoms with Crippen molar-refractivity contribution in [3.63, 3.8) is 0 Å². The number of anilines is 1. The summed E-state index contributed by atoms with van der Waals surface area (Å²) < 4.78 is 42.9. The van der Waals surface area contributed by atoms with Gasteiger partial charge in [-0.1, -0.05) is 32.0 Å². The average Bonchev–Trinajstić information content (AvgIpc) is 3.44. The summed E-state index contributed by atoms with van der Waals surface area (Å²) in [6.45, 7) is 4.64. The fourth-order valence-corrected chi connectivity index (χ4v) is 4.85. The van der Waals surface area contributed by atoms with Gasteiger partial charge in [0, 0.05) is 12.8 Å². The van der Waals surface area contributed by atoms with E-state index in [-0.39, 0.29) is 25.3 Å². The molecular formula is C24H29N4O8P. The van der Waals surface area contributed by atoms with Gasteiger partial charge < -0.3 is 24.5 Å². The highest BCUT2D eigenvalue weighted by Gasteiger charge is 2.58. The molecule has 0 radical (unpaired) electrons. The SMILES string of the molecule is CCC(=O)O[C@H]1[C@H](c2ccc3c(N)ncnn23)O[C@](C)(CO[PH](=O)Oc2ccccc2)[C@H]1OC(=O)CC. The van der Waals surface area contributed by atoms with E-state index in [4.69, 9.17) is 29.0 Å². The van der Waals surface area contributed by atoms with Crippen LogP contribution in [0.15, 0.2) is 48.8 Å². The lowest BCUT2D eigenvalue weighted by Gasteiger charge is -2.30.